The molecule has 34 heavy (non-hydrogen) atoms. The van der Waals surface area contributed by atoms with Crippen LogP contribution >= 0.6 is 0 Å². The van der Waals surface area contributed by atoms with Gasteiger partial charge in [0.25, 0.3) is 0 Å². The van der Waals surface area contributed by atoms with Gasteiger partial charge in [0.05, 0.1) is 12.3 Å². The molecule has 0 radical (unpaired) electrons. The molecule has 8 nitrogen and oxygen atoms in total. The number of methoxy groups -OCH3 is 4. The van der Waals surface area contributed by atoms with E-state index in [-0.39, 0.29) is 31.2 Å². The number of pyridine rings is 1. The van der Waals surface area contributed by atoms with Crippen molar-refractivity contribution < 1.29 is 28.8 Å². The SMILES string of the molecule is COC(OC)c1cc(=O)c(OCc2ccccc2)c(C(OC)(OC)c2ccccc2)n1CCO. The van der Waals surface area contributed by atoms with Crippen LogP contribution in [0, 0.1) is 0 Å². The highest BCUT2D eigenvalue weighted by atomic mass is 16.7. The van der Waals surface area contributed by atoms with Crippen LogP contribution in [0.15, 0.2) is 71.5 Å². The van der Waals surface area contributed by atoms with Crippen LogP contribution in [0.1, 0.15) is 28.8 Å². The van der Waals surface area contributed by atoms with Gasteiger partial charge >= 0.3 is 0 Å². The van der Waals surface area contributed by atoms with Gasteiger partial charge in [0.1, 0.15) is 12.3 Å². The maximum absolute atomic E-state index is 13.5. The predicted molar refractivity (Wildman–Crippen MR) is 127 cm³/mol. The molecule has 0 aliphatic heterocycles. The van der Waals surface area contributed by atoms with E-state index < -0.39 is 17.5 Å². The van der Waals surface area contributed by atoms with Crippen molar-refractivity contribution in [2.24, 2.45) is 0 Å². The summed E-state index contributed by atoms with van der Waals surface area (Å²) < 4.78 is 30.7. The number of aromatic nitrogens is 1. The maximum Gasteiger partial charge on any atom is 0.241 e. The summed E-state index contributed by atoms with van der Waals surface area (Å²) in [6.45, 7) is 0.0362. The minimum absolute atomic E-state index is 0.0413. The van der Waals surface area contributed by atoms with Crippen LogP contribution in [0.2, 0.25) is 0 Å². The topological polar surface area (TPSA) is 88.4 Å². The Morgan fingerprint density at radius 2 is 1.50 bits per heavy atom. The predicted octanol–water partition coefficient (Wildman–Crippen LogP) is 3.20. The molecule has 3 rings (SSSR count). The Hall–Kier alpha value is -3.01. The maximum atomic E-state index is 13.5. The average Bonchev–Trinajstić information content (AvgIpc) is 2.88. The molecule has 1 aromatic heterocycles. The molecule has 2 aromatic carbocycles. The van der Waals surface area contributed by atoms with Gasteiger partial charge in [-0.15, -0.1) is 0 Å². The summed E-state index contributed by atoms with van der Waals surface area (Å²) in [7, 11) is 5.92. The Balaban J connectivity index is 2.34. The first kappa shape index (κ1) is 25.6. The van der Waals surface area contributed by atoms with Gasteiger partial charge in [-0.3, -0.25) is 4.79 Å². The van der Waals surface area contributed by atoms with E-state index in [9.17, 15) is 9.90 Å². The van der Waals surface area contributed by atoms with Gasteiger partial charge in [0, 0.05) is 46.6 Å². The smallest absolute Gasteiger partial charge is 0.241 e. The highest BCUT2D eigenvalue weighted by Gasteiger charge is 2.42. The molecular weight excluding hydrogens is 438 g/mol. The second-order valence-corrected chi connectivity index (χ2v) is 7.45. The minimum atomic E-state index is -1.52. The zero-order chi connectivity index (χ0) is 24.6. The first-order valence-corrected chi connectivity index (χ1v) is 10.8. The first-order chi connectivity index (χ1) is 16.6. The van der Waals surface area contributed by atoms with Crippen molar-refractivity contribution in [1.29, 1.82) is 0 Å². The quantitative estimate of drug-likeness (QED) is 0.408. The van der Waals surface area contributed by atoms with E-state index in [1.165, 1.54) is 34.5 Å². The average molecular weight is 470 g/mol. The normalized spacial score (nSPS) is 11.7. The fourth-order valence-electron chi connectivity index (χ4n) is 4.02. The molecule has 0 amide bonds. The van der Waals surface area contributed by atoms with E-state index >= 15 is 0 Å². The van der Waals surface area contributed by atoms with Crippen LogP contribution in [-0.4, -0.2) is 44.7 Å². The van der Waals surface area contributed by atoms with Crippen LogP contribution < -0.4 is 10.2 Å². The van der Waals surface area contributed by atoms with E-state index in [4.69, 9.17) is 23.7 Å². The highest BCUT2D eigenvalue weighted by molar-refractivity contribution is 5.42. The van der Waals surface area contributed by atoms with Crippen LogP contribution in [0.3, 0.4) is 0 Å². The molecular formula is C26H31NO7. The van der Waals surface area contributed by atoms with Gasteiger partial charge in [-0.25, -0.2) is 0 Å². The van der Waals surface area contributed by atoms with Gasteiger partial charge in [0.2, 0.25) is 11.2 Å². The van der Waals surface area contributed by atoms with E-state index in [0.717, 1.165) is 5.56 Å². The molecule has 0 unspecified atom stereocenters. The Kier molecular flexibility index (Phi) is 8.98. The van der Waals surface area contributed by atoms with Gasteiger partial charge in [-0.1, -0.05) is 60.7 Å². The monoisotopic (exact) mass is 469 g/mol. The van der Waals surface area contributed by atoms with Crippen molar-refractivity contribution in [3.63, 3.8) is 0 Å². The molecule has 0 bridgehead atoms. The third-order valence-electron chi connectivity index (χ3n) is 5.56. The zero-order valence-electron chi connectivity index (χ0n) is 19.9. The van der Waals surface area contributed by atoms with Crippen molar-refractivity contribution >= 4 is 0 Å². The number of hydrogen-bond donors (Lipinski definition) is 1. The van der Waals surface area contributed by atoms with E-state index in [1.807, 2.05) is 60.7 Å². The Morgan fingerprint density at radius 1 is 0.912 bits per heavy atom. The van der Waals surface area contributed by atoms with Crippen molar-refractivity contribution in [3.05, 3.63) is 99.5 Å². The second-order valence-electron chi connectivity index (χ2n) is 7.45. The first-order valence-electron chi connectivity index (χ1n) is 10.8. The number of aliphatic hydroxyl groups excluding tert-OH is 1. The van der Waals surface area contributed by atoms with Gasteiger partial charge in [-0.2, -0.15) is 0 Å². The van der Waals surface area contributed by atoms with Crippen LogP contribution in [0.4, 0.5) is 0 Å². The second kappa shape index (κ2) is 11.9. The summed E-state index contributed by atoms with van der Waals surface area (Å²) in [6, 6.07) is 20.1. The number of hydrogen-bond acceptors (Lipinski definition) is 7. The summed E-state index contributed by atoms with van der Waals surface area (Å²) in [5.41, 5.74) is 1.80. The molecule has 0 saturated carbocycles. The summed E-state index contributed by atoms with van der Waals surface area (Å²) in [6.07, 6.45) is -0.872. The standard InChI is InChI=1S/C26H31NO7/c1-30-25(31-2)21-17-22(29)23(34-18-19-11-7-5-8-12-19)24(27(21)15-16-28)26(32-3,33-4)20-13-9-6-10-14-20/h5-14,17,25,28H,15-16,18H2,1-4H3. The summed E-state index contributed by atoms with van der Waals surface area (Å²) >= 11 is 0. The lowest BCUT2D eigenvalue weighted by atomic mass is 9.99. The fourth-order valence-corrected chi connectivity index (χ4v) is 4.02. The lowest BCUT2D eigenvalue weighted by molar-refractivity contribution is -0.190. The summed E-state index contributed by atoms with van der Waals surface area (Å²) in [5, 5.41) is 9.94. The highest BCUT2D eigenvalue weighted by Crippen LogP contribution is 2.39. The van der Waals surface area contributed by atoms with E-state index in [1.54, 1.807) is 4.57 Å². The number of rotatable bonds is 12. The number of aliphatic hydroxyl groups is 1. The zero-order valence-corrected chi connectivity index (χ0v) is 19.9. The summed E-state index contributed by atoms with van der Waals surface area (Å²) in [5.74, 6) is -1.48. The number of benzene rings is 2. The molecule has 0 atom stereocenters. The fraction of sp³-hybridized carbons (Fsp3) is 0.346. The van der Waals surface area contributed by atoms with E-state index in [0.29, 0.717) is 11.3 Å². The largest absolute Gasteiger partial charge is 0.483 e. The molecule has 8 heteroatoms. The van der Waals surface area contributed by atoms with Gasteiger partial charge in [0.15, 0.2) is 12.0 Å². The molecule has 182 valence electrons. The molecule has 1 N–H and O–H groups in total. The number of nitrogens with zero attached hydrogens (tertiary/aromatic N) is 1. The molecule has 0 saturated heterocycles. The van der Waals surface area contributed by atoms with Crippen LogP contribution in [-0.2, 0) is 37.9 Å². The van der Waals surface area contributed by atoms with Gasteiger partial charge in [-0.05, 0) is 5.56 Å². The van der Waals surface area contributed by atoms with Crippen molar-refractivity contribution in [3.8, 4) is 5.75 Å². The lowest BCUT2D eigenvalue weighted by Gasteiger charge is -2.36. The Labute approximate surface area is 199 Å². The lowest BCUT2D eigenvalue weighted by Crippen LogP contribution is -2.39. The third kappa shape index (κ3) is 5.06. The molecule has 0 fully saturated rings. The summed E-state index contributed by atoms with van der Waals surface area (Å²) in [4.78, 5) is 13.5. The Bertz CT molecular complexity index is 1090. The Morgan fingerprint density at radius 3 is 2.03 bits per heavy atom. The third-order valence-corrected chi connectivity index (χ3v) is 5.56. The van der Waals surface area contributed by atoms with Gasteiger partial charge < -0.3 is 33.4 Å². The van der Waals surface area contributed by atoms with Crippen molar-refractivity contribution in [2.45, 2.75) is 25.2 Å². The van der Waals surface area contributed by atoms with Crippen molar-refractivity contribution in [1.82, 2.24) is 4.57 Å². The van der Waals surface area contributed by atoms with Crippen molar-refractivity contribution in [2.75, 3.05) is 35.0 Å². The molecule has 1 heterocycles. The molecule has 0 aliphatic carbocycles. The molecule has 3 aromatic rings. The van der Waals surface area contributed by atoms with Crippen LogP contribution in [0.25, 0.3) is 0 Å². The molecule has 0 aliphatic rings. The number of ether oxygens (including phenoxy) is 5. The van der Waals surface area contributed by atoms with Crippen LogP contribution in [0.5, 0.6) is 5.75 Å². The minimum Gasteiger partial charge on any atom is -0.483 e. The van der Waals surface area contributed by atoms with E-state index in [2.05, 4.69) is 0 Å². The molecule has 0 spiro atoms.